The van der Waals surface area contributed by atoms with Gasteiger partial charge in [-0.25, -0.2) is 4.98 Å². The number of amides is 2. The third-order valence-electron chi connectivity index (χ3n) is 5.04. The van der Waals surface area contributed by atoms with Crippen LogP contribution in [0.4, 0.5) is 5.69 Å². The molecular weight excluding hydrogens is 386 g/mol. The fourth-order valence-electron chi connectivity index (χ4n) is 3.36. The molecule has 0 saturated heterocycles. The minimum Gasteiger partial charge on any atom is -0.348 e. The van der Waals surface area contributed by atoms with Crippen LogP contribution in [0.5, 0.6) is 0 Å². The van der Waals surface area contributed by atoms with Crippen molar-refractivity contribution in [1.29, 1.82) is 0 Å². The van der Waals surface area contributed by atoms with E-state index in [1.807, 2.05) is 91.9 Å². The van der Waals surface area contributed by atoms with E-state index in [1.54, 1.807) is 0 Å². The highest BCUT2D eigenvalue weighted by molar-refractivity contribution is 6.07. The van der Waals surface area contributed by atoms with E-state index in [0.717, 1.165) is 27.7 Å². The number of aromatic nitrogens is 1. The van der Waals surface area contributed by atoms with Crippen LogP contribution in [0.2, 0.25) is 0 Å². The van der Waals surface area contributed by atoms with E-state index < -0.39 is 0 Å². The van der Waals surface area contributed by atoms with Crippen molar-refractivity contribution in [3.05, 3.63) is 96.1 Å². The Balaban J connectivity index is 1.64. The summed E-state index contributed by atoms with van der Waals surface area (Å²) >= 11 is 0. The largest absolute Gasteiger partial charge is 0.348 e. The van der Waals surface area contributed by atoms with Crippen LogP contribution in [-0.2, 0) is 11.3 Å². The van der Waals surface area contributed by atoms with E-state index >= 15 is 0 Å². The van der Waals surface area contributed by atoms with Gasteiger partial charge in [0.05, 0.1) is 16.8 Å². The van der Waals surface area contributed by atoms with E-state index in [2.05, 4.69) is 10.6 Å². The molecule has 2 N–H and O–H groups in total. The van der Waals surface area contributed by atoms with Gasteiger partial charge in [-0.1, -0.05) is 67.6 Å². The van der Waals surface area contributed by atoms with Gasteiger partial charge in [0.1, 0.15) is 0 Å². The summed E-state index contributed by atoms with van der Waals surface area (Å²) < 4.78 is 0. The summed E-state index contributed by atoms with van der Waals surface area (Å²) in [5.74, 6) is -0.176. The zero-order valence-electron chi connectivity index (χ0n) is 17.3. The van der Waals surface area contributed by atoms with Crippen LogP contribution in [-0.4, -0.2) is 16.8 Å². The fraction of sp³-hybridized carbons (Fsp3) is 0.115. The zero-order chi connectivity index (χ0) is 21.6. The van der Waals surface area contributed by atoms with Gasteiger partial charge in [0, 0.05) is 29.6 Å². The summed E-state index contributed by atoms with van der Waals surface area (Å²) in [6.45, 7) is 2.27. The summed E-state index contributed by atoms with van der Waals surface area (Å²) in [7, 11) is 0. The predicted octanol–water partition coefficient (Wildman–Crippen LogP) is 5.18. The molecule has 0 aliphatic carbocycles. The molecule has 0 unspecified atom stereocenters. The summed E-state index contributed by atoms with van der Waals surface area (Å²) in [6, 6.07) is 26.8. The Morgan fingerprint density at radius 2 is 1.58 bits per heavy atom. The predicted molar refractivity (Wildman–Crippen MR) is 124 cm³/mol. The van der Waals surface area contributed by atoms with Gasteiger partial charge in [-0.2, -0.15) is 0 Å². The van der Waals surface area contributed by atoms with E-state index in [-0.39, 0.29) is 11.8 Å². The molecule has 2 amide bonds. The van der Waals surface area contributed by atoms with Crippen molar-refractivity contribution in [2.75, 3.05) is 5.32 Å². The Labute approximate surface area is 181 Å². The van der Waals surface area contributed by atoms with Crippen LogP contribution in [0.3, 0.4) is 0 Å². The smallest absolute Gasteiger partial charge is 0.252 e. The van der Waals surface area contributed by atoms with Crippen molar-refractivity contribution in [2.24, 2.45) is 0 Å². The monoisotopic (exact) mass is 409 g/mol. The van der Waals surface area contributed by atoms with Crippen LogP contribution < -0.4 is 10.6 Å². The number of carbonyl (C=O) groups excluding carboxylic acids is 2. The molecule has 5 heteroatoms. The fourth-order valence-corrected chi connectivity index (χ4v) is 3.36. The van der Waals surface area contributed by atoms with Crippen LogP contribution in [0.15, 0.2) is 84.9 Å². The molecule has 1 aromatic heterocycles. The minimum absolute atomic E-state index is 0.0334. The number of benzene rings is 3. The lowest BCUT2D eigenvalue weighted by atomic mass is 10.0. The van der Waals surface area contributed by atoms with Gasteiger partial charge in [0.15, 0.2) is 0 Å². The molecule has 31 heavy (non-hydrogen) atoms. The quantitative estimate of drug-likeness (QED) is 0.461. The molecule has 0 spiro atoms. The molecule has 0 saturated carbocycles. The molecule has 4 aromatic rings. The topological polar surface area (TPSA) is 71.1 Å². The second-order valence-electron chi connectivity index (χ2n) is 7.22. The number of nitrogens with one attached hydrogen (secondary N) is 2. The van der Waals surface area contributed by atoms with E-state index in [1.165, 1.54) is 0 Å². The zero-order valence-corrected chi connectivity index (χ0v) is 17.3. The standard InChI is InChI=1S/C26H23N3O2/c1-2-25(30)28-20-14-12-19(13-15-20)24-16-22(21-10-6-7-11-23(21)29-24)26(31)27-17-18-8-4-3-5-9-18/h3-16H,2,17H2,1H3,(H,27,31)(H,28,30). The van der Waals surface area contributed by atoms with Gasteiger partial charge in [-0.05, 0) is 29.8 Å². The highest BCUT2D eigenvalue weighted by Gasteiger charge is 2.14. The van der Waals surface area contributed by atoms with Gasteiger partial charge in [-0.15, -0.1) is 0 Å². The molecule has 1 heterocycles. The Hall–Kier alpha value is -3.99. The summed E-state index contributed by atoms with van der Waals surface area (Å²) in [5, 5.41) is 6.66. The molecule has 0 radical (unpaired) electrons. The number of fused-ring (bicyclic) bond motifs is 1. The normalized spacial score (nSPS) is 10.6. The number of carbonyl (C=O) groups is 2. The van der Waals surface area contributed by atoms with Gasteiger partial charge in [0.25, 0.3) is 5.91 Å². The first-order chi connectivity index (χ1) is 15.1. The van der Waals surface area contributed by atoms with E-state index in [9.17, 15) is 9.59 Å². The number of para-hydroxylation sites is 1. The molecule has 0 fully saturated rings. The first-order valence-corrected chi connectivity index (χ1v) is 10.3. The first kappa shape index (κ1) is 20.3. The highest BCUT2D eigenvalue weighted by Crippen LogP contribution is 2.26. The van der Waals surface area contributed by atoms with Gasteiger partial charge >= 0.3 is 0 Å². The molecule has 0 atom stereocenters. The lowest BCUT2D eigenvalue weighted by molar-refractivity contribution is -0.115. The number of pyridine rings is 1. The summed E-state index contributed by atoms with van der Waals surface area (Å²) in [6.07, 6.45) is 0.426. The average Bonchev–Trinajstić information content (AvgIpc) is 2.83. The summed E-state index contributed by atoms with van der Waals surface area (Å²) in [5.41, 5.74) is 4.69. The van der Waals surface area contributed by atoms with Gasteiger partial charge in [-0.3, -0.25) is 9.59 Å². The molecule has 0 bridgehead atoms. The first-order valence-electron chi connectivity index (χ1n) is 10.3. The Kier molecular flexibility index (Phi) is 6.03. The van der Waals surface area contributed by atoms with Crippen molar-refractivity contribution in [2.45, 2.75) is 19.9 Å². The van der Waals surface area contributed by atoms with Crippen LogP contribution >= 0.6 is 0 Å². The maximum absolute atomic E-state index is 13.0. The molecular formula is C26H23N3O2. The third kappa shape index (κ3) is 4.78. The van der Waals surface area contributed by atoms with Gasteiger partial charge < -0.3 is 10.6 Å². The highest BCUT2D eigenvalue weighted by atomic mass is 16.2. The van der Waals surface area contributed by atoms with Crippen molar-refractivity contribution in [3.8, 4) is 11.3 Å². The second-order valence-corrected chi connectivity index (χ2v) is 7.22. The van der Waals surface area contributed by atoms with Crippen LogP contribution in [0, 0.1) is 0 Å². The number of nitrogens with zero attached hydrogens (tertiary/aromatic N) is 1. The van der Waals surface area contributed by atoms with Crippen molar-refractivity contribution >= 4 is 28.4 Å². The summed E-state index contributed by atoms with van der Waals surface area (Å²) in [4.78, 5) is 29.4. The third-order valence-corrected chi connectivity index (χ3v) is 5.04. The maximum Gasteiger partial charge on any atom is 0.252 e. The number of rotatable bonds is 6. The molecule has 5 nitrogen and oxygen atoms in total. The Morgan fingerprint density at radius 1 is 0.871 bits per heavy atom. The van der Waals surface area contributed by atoms with Gasteiger partial charge in [0.2, 0.25) is 5.91 Å². The number of anilines is 1. The Bertz CT molecular complexity index is 1220. The SMILES string of the molecule is CCC(=O)Nc1ccc(-c2cc(C(=O)NCc3ccccc3)c3ccccc3n2)cc1. The van der Waals surface area contributed by atoms with Crippen LogP contribution in [0.25, 0.3) is 22.2 Å². The minimum atomic E-state index is -0.143. The van der Waals surface area contributed by atoms with E-state index in [0.29, 0.717) is 24.2 Å². The molecule has 3 aromatic carbocycles. The lowest BCUT2D eigenvalue weighted by Gasteiger charge is -2.11. The number of hydrogen-bond donors (Lipinski definition) is 2. The van der Waals surface area contributed by atoms with E-state index in [4.69, 9.17) is 4.98 Å². The Morgan fingerprint density at radius 3 is 2.32 bits per heavy atom. The van der Waals surface area contributed by atoms with Crippen molar-refractivity contribution in [1.82, 2.24) is 10.3 Å². The maximum atomic E-state index is 13.0. The molecule has 154 valence electrons. The molecule has 0 aliphatic heterocycles. The number of hydrogen-bond acceptors (Lipinski definition) is 3. The molecule has 4 rings (SSSR count). The van der Waals surface area contributed by atoms with Crippen molar-refractivity contribution < 1.29 is 9.59 Å². The molecule has 0 aliphatic rings. The van der Waals surface area contributed by atoms with Crippen LogP contribution in [0.1, 0.15) is 29.3 Å². The lowest BCUT2D eigenvalue weighted by Crippen LogP contribution is -2.23. The second kappa shape index (κ2) is 9.22. The van der Waals surface area contributed by atoms with Crippen molar-refractivity contribution in [3.63, 3.8) is 0 Å². The average molecular weight is 409 g/mol.